The van der Waals surface area contributed by atoms with Gasteiger partial charge in [0.15, 0.2) is 0 Å². The Bertz CT molecular complexity index is 981. The first-order valence-electron chi connectivity index (χ1n) is 10.5. The van der Waals surface area contributed by atoms with Gasteiger partial charge in [0.1, 0.15) is 11.0 Å². The highest BCUT2D eigenvalue weighted by Gasteiger charge is 2.21. The highest BCUT2D eigenvalue weighted by molar-refractivity contribution is 7.09. The largest absolute Gasteiger partial charge is 0.342 e. The number of rotatable bonds is 7. The van der Waals surface area contributed by atoms with E-state index in [0.29, 0.717) is 6.54 Å². The minimum atomic E-state index is -0.202. The number of aromatic nitrogens is 1. The zero-order chi connectivity index (χ0) is 20.8. The molecule has 4 rings (SSSR count). The molecule has 3 aromatic rings. The Labute approximate surface area is 182 Å². The summed E-state index contributed by atoms with van der Waals surface area (Å²) in [5, 5.41) is 6.04. The van der Waals surface area contributed by atoms with Gasteiger partial charge < -0.3 is 5.32 Å². The monoisotopic (exact) mass is 417 g/mol. The lowest BCUT2D eigenvalue weighted by molar-refractivity contribution is -0.122. The van der Waals surface area contributed by atoms with E-state index in [4.69, 9.17) is 0 Å². The molecule has 154 valence electrons. The Hall–Kier alpha value is -2.76. The minimum absolute atomic E-state index is 0.0307. The van der Waals surface area contributed by atoms with E-state index in [-0.39, 0.29) is 11.9 Å². The maximum absolute atomic E-state index is 12.8. The molecule has 5 heteroatoms. The van der Waals surface area contributed by atoms with Crippen LogP contribution in [-0.4, -0.2) is 35.4 Å². The van der Waals surface area contributed by atoms with Crippen LogP contribution in [0.4, 0.5) is 0 Å². The molecule has 1 N–H and O–H groups in total. The molecule has 0 saturated carbocycles. The molecule has 1 aromatic heterocycles. The molecule has 0 fully saturated rings. The number of hydrogen-bond donors (Lipinski definition) is 1. The zero-order valence-electron chi connectivity index (χ0n) is 17.3. The number of nitrogens with one attached hydrogen (secondary N) is 1. The van der Waals surface area contributed by atoms with Crippen molar-refractivity contribution in [2.75, 3.05) is 19.6 Å². The SMILES string of the molecule is CCc1ccc(C2=CCN(CC(=O)N[C@H](c3ccccc3)c3nccs3)CC2)cc1. The standard InChI is InChI=1S/C25H27N3OS/c1-2-19-8-10-20(11-9-19)21-12-15-28(16-13-21)18-23(29)27-24(25-26-14-17-30-25)22-6-4-3-5-7-22/h3-12,14,17,24H,2,13,15-16,18H2,1H3,(H,27,29)/t24-/m1/s1. The van der Waals surface area contributed by atoms with Gasteiger partial charge in [0, 0.05) is 24.7 Å². The molecule has 30 heavy (non-hydrogen) atoms. The molecule has 2 aromatic carbocycles. The van der Waals surface area contributed by atoms with E-state index < -0.39 is 0 Å². The average Bonchev–Trinajstić information content (AvgIpc) is 3.33. The number of thiazole rings is 1. The van der Waals surface area contributed by atoms with E-state index in [1.807, 2.05) is 35.7 Å². The molecule has 1 aliphatic heterocycles. The average molecular weight is 418 g/mol. The Morgan fingerprint density at radius 1 is 1.17 bits per heavy atom. The smallest absolute Gasteiger partial charge is 0.235 e. The van der Waals surface area contributed by atoms with E-state index in [2.05, 4.69) is 52.5 Å². The van der Waals surface area contributed by atoms with Gasteiger partial charge in [-0.05, 0) is 35.1 Å². The number of hydrogen-bond acceptors (Lipinski definition) is 4. The molecule has 1 aliphatic rings. The molecule has 4 nitrogen and oxygen atoms in total. The summed E-state index contributed by atoms with van der Waals surface area (Å²) in [4.78, 5) is 19.4. The van der Waals surface area contributed by atoms with Gasteiger partial charge in [0.25, 0.3) is 0 Å². The van der Waals surface area contributed by atoms with Gasteiger partial charge >= 0.3 is 0 Å². The number of benzene rings is 2. The molecule has 0 bridgehead atoms. The first kappa shape index (κ1) is 20.5. The summed E-state index contributed by atoms with van der Waals surface area (Å²) < 4.78 is 0. The minimum Gasteiger partial charge on any atom is -0.342 e. The lowest BCUT2D eigenvalue weighted by atomic mass is 9.98. The summed E-state index contributed by atoms with van der Waals surface area (Å²) >= 11 is 1.57. The summed E-state index contributed by atoms with van der Waals surface area (Å²) in [6, 6.07) is 18.7. The first-order chi connectivity index (χ1) is 14.7. The summed E-state index contributed by atoms with van der Waals surface area (Å²) in [7, 11) is 0. The maximum Gasteiger partial charge on any atom is 0.235 e. The second kappa shape index (κ2) is 9.83. The quantitative estimate of drug-likeness (QED) is 0.606. The third-order valence-electron chi connectivity index (χ3n) is 5.53. The molecule has 2 heterocycles. The van der Waals surface area contributed by atoms with Crippen molar-refractivity contribution >= 4 is 22.8 Å². The van der Waals surface area contributed by atoms with Crippen molar-refractivity contribution in [3.63, 3.8) is 0 Å². The third-order valence-corrected chi connectivity index (χ3v) is 6.37. The highest BCUT2D eigenvalue weighted by atomic mass is 32.1. The van der Waals surface area contributed by atoms with Crippen molar-refractivity contribution in [1.29, 1.82) is 0 Å². The van der Waals surface area contributed by atoms with Crippen molar-refractivity contribution in [3.8, 4) is 0 Å². The van der Waals surface area contributed by atoms with Gasteiger partial charge in [-0.1, -0.05) is 67.6 Å². The van der Waals surface area contributed by atoms with E-state index in [0.717, 1.165) is 36.5 Å². The topological polar surface area (TPSA) is 45.2 Å². The van der Waals surface area contributed by atoms with Crippen LogP contribution in [0, 0.1) is 0 Å². The lowest BCUT2D eigenvalue weighted by Crippen LogP contribution is -2.40. The van der Waals surface area contributed by atoms with Crippen LogP contribution in [0.2, 0.25) is 0 Å². The van der Waals surface area contributed by atoms with E-state index in [1.54, 1.807) is 17.5 Å². The van der Waals surface area contributed by atoms with Crippen LogP contribution < -0.4 is 5.32 Å². The fourth-order valence-electron chi connectivity index (χ4n) is 3.79. The number of aryl methyl sites for hydroxylation is 1. The second-order valence-electron chi connectivity index (χ2n) is 7.55. The molecule has 1 atom stereocenters. The maximum atomic E-state index is 12.8. The van der Waals surface area contributed by atoms with Crippen molar-refractivity contribution < 1.29 is 4.79 Å². The summed E-state index contributed by atoms with van der Waals surface area (Å²) in [5.74, 6) is 0.0307. The fraction of sp³-hybridized carbons (Fsp3) is 0.280. The third kappa shape index (κ3) is 5.04. The molecule has 0 unspecified atom stereocenters. The first-order valence-corrected chi connectivity index (χ1v) is 11.4. The van der Waals surface area contributed by atoms with Gasteiger partial charge in [-0.2, -0.15) is 0 Å². The Morgan fingerprint density at radius 2 is 1.97 bits per heavy atom. The second-order valence-corrected chi connectivity index (χ2v) is 8.47. The van der Waals surface area contributed by atoms with E-state index in [9.17, 15) is 4.79 Å². The van der Waals surface area contributed by atoms with Crippen molar-refractivity contribution in [2.45, 2.75) is 25.8 Å². The van der Waals surface area contributed by atoms with E-state index >= 15 is 0 Å². The van der Waals surface area contributed by atoms with Crippen LogP contribution in [0.15, 0.2) is 72.3 Å². The van der Waals surface area contributed by atoms with Crippen LogP contribution >= 0.6 is 11.3 Å². The predicted molar refractivity (Wildman–Crippen MR) is 123 cm³/mol. The molecule has 0 spiro atoms. The van der Waals surface area contributed by atoms with Crippen LogP contribution in [0.5, 0.6) is 0 Å². The van der Waals surface area contributed by atoms with Gasteiger partial charge in [-0.15, -0.1) is 11.3 Å². The molecular weight excluding hydrogens is 390 g/mol. The van der Waals surface area contributed by atoms with Crippen molar-refractivity contribution in [1.82, 2.24) is 15.2 Å². The molecule has 1 amide bonds. The van der Waals surface area contributed by atoms with Crippen LogP contribution in [-0.2, 0) is 11.2 Å². The molecule has 0 aliphatic carbocycles. The molecule has 0 radical (unpaired) electrons. The molecular formula is C25H27N3OS. The van der Waals surface area contributed by atoms with Gasteiger partial charge in [-0.25, -0.2) is 4.98 Å². The van der Waals surface area contributed by atoms with E-state index in [1.165, 1.54) is 16.7 Å². The van der Waals surface area contributed by atoms with Crippen molar-refractivity contribution in [2.24, 2.45) is 0 Å². The Balaban J connectivity index is 1.37. The number of carbonyl (C=O) groups excluding carboxylic acids is 1. The Morgan fingerprint density at radius 3 is 2.60 bits per heavy atom. The van der Waals surface area contributed by atoms with Crippen LogP contribution in [0.25, 0.3) is 5.57 Å². The fourth-order valence-corrected chi connectivity index (χ4v) is 4.51. The number of carbonyl (C=O) groups is 1. The zero-order valence-corrected chi connectivity index (χ0v) is 18.1. The molecule has 0 saturated heterocycles. The number of amides is 1. The van der Waals surface area contributed by atoms with Gasteiger partial charge in [-0.3, -0.25) is 9.69 Å². The van der Waals surface area contributed by atoms with Crippen LogP contribution in [0.3, 0.4) is 0 Å². The summed E-state index contributed by atoms with van der Waals surface area (Å²) in [5.41, 5.74) is 5.09. The number of nitrogens with zero attached hydrogens (tertiary/aromatic N) is 2. The normalized spacial score (nSPS) is 15.4. The van der Waals surface area contributed by atoms with Gasteiger partial charge in [0.2, 0.25) is 5.91 Å². The Kier molecular flexibility index (Phi) is 6.72. The lowest BCUT2D eigenvalue weighted by Gasteiger charge is -2.27. The van der Waals surface area contributed by atoms with Gasteiger partial charge in [0.05, 0.1) is 6.54 Å². The van der Waals surface area contributed by atoms with Crippen molar-refractivity contribution in [3.05, 3.63) is 93.9 Å². The summed E-state index contributed by atoms with van der Waals surface area (Å²) in [6.45, 7) is 4.26. The summed E-state index contributed by atoms with van der Waals surface area (Å²) in [6.07, 6.45) is 6.07. The van der Waals surface area contributed by atoms with Crippen LogP contribution in [0.1, 0.15) is 41.1 Å². The highest BCUT2D eigenvalue weighted by Crippen LogP contribution is 2.25. The predicted octanol–water partition coefficient (Wildman–Crippen LogP) is 4.70.